The zero-order chi connectivity index (χ0) is 21.7. The molecule has 0 atom stereocenters. The molecule has 2 heterocycles. The van der Waals surface area contributed by atoms with E-state index in [1.807, 2.05) is 12.1 Å². The van der Waals surface area contributed by atoms with E-state index in [4.69, 9.17) is 4.74 Å². The van der Waals surface area contributed by atoms with Crippen molar-refractivity contribution in [3.05, 3.63) is 34.2 Å². The first-order valence-electron chi connectivity index (χ1n) is 10.8. The van der Waals surface area contributed by atoms with E-state index >= 15 is 0 Å². The highest BCUT2D eigenvalue weighted by Crippen LogP contribution is 2.21. The minimum absolute atomic E-state index is 0.276. The lowest BCUT2D eigenvalue weighted by molar-refractivity contribution is -0.131. The van der Waals surface area contributed by atoms with Gasteiger partial charge in [-0.2, -0.15) is 9.69 Å². The van der Waals surface area contributed by atoms with Crippen molar-refractivity contribution in [3.63, 3.8) is 0 Å². The van der Waals surface area contributed by atoms with Crippen molar-refractivity contribution in [2.24, 2.45) is 7.05 Å². The van der Waals surface area contributed by atoms with Crippen LogP contribution in [0.15, 0.2) is 23.0 Å². The number of hydrogen-bond acceptors (Lipinski definition) is 5. The van der Waals surface area contributed by atoms with E-state index in [1.165, 1.54) is 9.24 Å². The number of para-hydroxylation sites is 1. The molecule has 0 unspecified atom stereocenters. The summed E-state index contributed by atoms with van der Waals surface area (Å²) in [6, 6.07) is 6.12. The van der Waals surface area contributed by atoms with Gasteiger partial charge in [-0.15, -0.1) is 0 Å². The van der Waals surface area contributed by atoms with E-state index in [-0.39, 0.29) is 30.3 Å². The number of rotatable bonds is 10. The Morgan fingerprint density at radius 2 is 1.77 bits per heavy atom. The van der Waals surface area contributed by atoms with E-state index in [2.05, 4.69) is 19.2 Å². The number of carbonyl (C=O) groups is 2. The minimum Gasteiger partial charge on any atom is -0.381 e. The molecule has 30 heavy (non-hydrogen) atoms. The van der Waals surface area contributed by atoms with Gasteiger partial charge in [0, 0.05) is 39.1 Å². The van der Waals surface area contributed by atoms with Crippen LogP contribution in [0.3, 0.4) is 0 Å². The molecule has 0 saturated carbocycles. The van der Waals surface area contributed by atoms with Crippen molar-refractivity contribution in [2.45, 2.75) is 58.4 Å². The molecule has 1 N–H and O–H groups in total. The number of fused-ring (bicyclic) bond motifs is 1. The van der Waals surface area contributed by atoms with Crippen LogP contribution in [0.1, 0.15) is 51.5 Å². The Morgan fingerprint density at radius 1 is 1.07 bits per heavy atom. The van der Waals surface area contributed by atoms with Gasteiger partial charge in [-0.3, -0.25) is 14.2 Å². The maximum absolute atomic E-state index is 12.9. The van der Waals surface area contributed by atoms with Crippen LogP contribution >= 0.6 is 0 Å². The first-order chi connectivity index (χ1) is 14.4. The number of benzene rings is 1. The molecule has 164 valence electrons. The Bertz CT molecular complexity index is 944. The van der Waals surface area contributed by atoms with Crippen LogP contribution in [0.2, 0.25) is 0 Å². The molecule has 0 bridgehead atoms. The molecule has 1 aromatic carbocycles. The molecular weight excluding hydrogens is 384 g/mol. The number of nitrogens with one attached hydrogen (secondary N) is 1. The molecule has 0 aliphatic carbocycles. The highest BCUT2D eigenvalue weighted by molar-refractivity contribution is 6.11. The molecule has 1 aliphatic heterocycles. The molecular formula is C22H32N4O4. The number of imidazole rings is 1. The molecule has 0 radical (unpaired) electrons. The van der Waals surface area contributed by atoms with Crippen molar-refractivity contribution in [1.29, 1.82) is 0 Å². The average molecular weight is 417 g/mol. The predicted molar refractivity (Wildman–Crippen MR) is 116 cm³/mol. The standard InChI is InChI=1S/C22H32N4O4/c1-16(2)23-13-7-15-30-14-6-9-17-8-4-10-18-21(17)24(3)22(29)25(18)26-19(27)11-5-12-20(26)28/h4,8,10,16,23H,5-7,9,11-15H2,1-3H3. The van der Waals surface area contributed by atoms with Crippen molar-refractivity contribution >= 4 is 22.8 Å². The number of ether oxygens (including phenoxy) is 1. The Labute approximate surface area is 176 Å². The summed E-state index contributed by atoms with van der Waals surface area (Å²) in [5.74, 6) is -0.654. The summed E-state index contributed by atoms with van der Waals surface area (Å²) in [6.45, 7) is 6.56. The van der Waals surface area contributed by atoms with E-state index in [9.17, 15) is 14.4 Å². The maximum atomic E-state index is 12.9. The van der Waals surface area contributed by atoms with Crippen molar-refractivity contribution in [2.75, 3.05) is 24.8 Å². The average Bonchev–Trinajstić information content (AvgIpc) is 2.95. The van der Waals surface area contributed by atoms with Gasteiger partial charge in [0.05, 0.1) is 11.0 Å². The Hall–Kier alpha value is -2.45. The fourth-order valence-corrected chi connectivity index (χ4v) is 3.87. The topological polar surface area (TPSA) is 85.6 Å². The number of carbonyl (C=O) groups excluding carboxylic acids is 2. The number of aromatic nitrogens is 2. The van der Waals surface area contributed by atoms with Crippen LogP contribution in [-0.2, 0) is 27.8 Å². The summed E-state index contributed by atoms with van der Waals surface area (Å²) in [5, 5.41) is 4.38. The summed E-state index contributed by atoms with van der Waals surface area (Å²) < 4.78 is 8.48. The van der Waals surface area contributed by atoms with Gasteiger partial charge >= 0.3 is 5.69 Å². The molecule has 3 rings (SSSR count). The lowest BCUT2D eigenvalue weighted by atomic mass is 10.1. The molecule has 8 heteroatoms. The second kappa shape index (κ2) is 10.0. The number of aryl methyl sites for hydroxylation is 2. The van der Waals surface area contributed by atoms with E-state index in [1.54, 1.807) is 13.1 Å². The lowest BCUT2D eigenvalue weighted by Crippen LogP contribution is -2.52. The van der Waals surface area contributed by atoms with E-state index in [0.717, 1.165) is 48.5 Å². The Morgan fingerprint density at radius 3 is 2.47 bits per heavy atom. The number of piperidine rings is 1. The third kappa shape index (κ3) is 4.82. The van der Waals surface area contributed by atoms with Crippen molar-refractivity contribution < 1.29 is 14.3 Å². The summed E-state index contributed by atoms with van der Waals surface area (Å²) in [4.78, 5) is 37.6. The first-order valence-corrected chi connectivity index (χ1v) is 10.8. The monoisotopic (exact) mass is 416 g/mol. The van der Waals surface area contributed by atoms with Crippen LogP contribution in [-0.4, -0.2) is 46.9 Å². The highest BCUT2D eigenvalue weighted by atomic mass is 16.5. The predicted octanol–water partition coefficient (Wildman–Crippen LogP) is 1.85. The number of imide groups is 1. The summed E-state index contributed by atoms with van der Waals surface area (Å²) in [5.41, 5.74) is 1.97. The van der Waals surface area contributed by atoms with Gasteiger partial charge in [0.15, 0.2) is 0 Å². The van der Waals surface area contributed by atoms with E-state index in [0.29, 0.717) is 24.6 Å². The summed E-state index contributed by atoms with van der Waals surface area (Å²) >= 11 is 0. The molecule has 1 aromatic heterocycles. The minimum atomic E-state index is -0.380. The summed E-state index contributed by atoms with van der Waals surface area (Å²) in [6.07, 6.45) is 3.64. The van der Waals surface area contributed by atoms with Crippen LogP contribution in [0.5, 0.6) is 0 Å². The van der Waals surface area contributed by atoms with E-state index < -0.39 is 0 Å². The second-order valence-electron chi connectivity index (χ2n) is 8.07. The van der Waals surface area contributed by atoms with Gasteiger partial charge in [-0.1, -0.05) is 26.0 Å². The zero-order valence-electron chi connectivity index (χ0n) is 18.1. The van der Waals surface area contributed by atoms with Gasteiger partial charge in [0.25, 0.3) is 0 Å². The second-order valence-corrected chi connectivity index (χ2v) is 8.07. The molecule has 0 spiro atoms. The fraction of sp³-hybridized carbons (Fsp3) is 0.591. The lowest BCUT2D eigenvalue weighted by Gasteiger charge is -2.25. The third-order valence-electron chi connectivity index (χ3n) is 5.34. The first kappa shape index (κ1) is 22.2. The number of amides is 2. The molecule has 1 aliphatic rings. The quantitative estimate of drug-likeness (QED) is 0.472. The molecule has 1 saturated heterocycles. The van der Waals surface area contributed by atoms with Crippen LogP contribution in [0, 0.1) is 0 Å². The van der Waals surface area contributed by atoms with Crippen molar-refractivity contribution in [1.82, 2.24) is 14.6 Å². The van der Waals surface area contributed by atoms with Crippen LogP contribution < -0.4 is 16.0 Å². The van der Waals surface area contributed by atoms with Gasteiger partial charge in [-0.05, 0) is 43.9 Å². The highest BCUT2D eigenvalue weighted by Gasteiger charge is 2.31. The number of hydrogen-bond donors (Lipinski definition) is 1. The van der Waals surface area contributed by atoms with Crippen LogP contribution in [0.25, 0.3) is 11.0 Å². The van der Waals surface area contributed by atoms with Gasteiger partial charge in [-0.25, -0.2) is 4.79 Å². The smallest absolute Gasteiger partial charge is 0.348 e. The van der Waals surface area contributed by atoms with Gasteiger partial charge in [0.2, 0.25) is 11.8 Å². The molecule has 2 amide bonds. The zero-order valence-corrected chi connectivity index (χ0v) is 18.1. The van der Waals surface area contributed by atoms with Crippen LogP contribution in [0.4, 0.5) is 0 Å². The number of nitrogens with zero attached hydrogens (tertiary/aromatic N) is 3. The summed E-state index contributed by atoms with van der Waals surface area (Å²) in [7, 11) is 1.68. The maximum Gasteiger partial charge on any atom is 0.348 e. The SMILES string of the molecule is CC(C)NCCCOCCCc1cccc2c1n(C)c(=O)n2N1C(=O)CCCC1=O. The largest absolute Gasteiger partial charge is 0.381 e. The molecule has 1 fully saturated rings. The third-order valence-corrected chi connectivity index (χ3v) is 5.34. The van der Waals surface area contributed by atoms with Gasteiger partial charge < -0.3 is 10.1 Å². The van der Waals surface area contributed by atoms with Crippen molar-refractivity contribution in [3.8, 4) is 0 Å². The fourth-order valence-electron chi connectivity index (χ4n) is 3.87. The normalized spacial score (nSPS) is 15.0. The van der Waals surface area contributed by atoms with Gasteiger partial charge in [0.1, 0.15) is 0 Å². The molecule has 8 nitrogen and oxygen atoms in total. The Balaban J connectivity index is 1.70. The molecule has 2 aromatic rings. The Kier molecular flexibility index (Phi) is 7.44.